The smallest absolute Gasteiger partial charge is 0.340 e. The van der Waals surface area contributed by atoms with Crippen LogP contribution in [0.5, 0.6) is 0 Å². The van der Waals surface area contributed by atoms with Crippen molar-refractivity contribution in [2.75, 3.05) is 6.61 Å². The van der Waals surface area contributed by atoms with E-state index in [0.29, 0.717) is 24.3 Å². The number of hydrogen-bond acceptors (Lipinski definition) is 3. The fourth-order valence-corrected chi connectivity index (χ4v) is 4.17. The average molecular weight is 400 g/mol. The number of benzene rings is 1. The molecule has 1 aromatic carbocycles. The molecule has 0 aliphatic heterocycles. The van der Waals surface area contributed by atoms with E-state index in [2.05, 4.69) is 4.98 Å². The Balaban J connectivity index is 1.91. The van der Waals surface area contributed by atoms with Crippen LogP contribution in [0.25, 0.3) is 0 Å². The second kappa shape index (κ2) is 9.25. The van der Waals surface area contributed by atoms with E-state index in [0.717, 1.165) is 42.6 Å². The summed E-state index contributed by atoms with van der Waals surface area (Å²) in [6.45, 7) is 6.20. The highest BCUT2D eigenvalue weighted by molar-refractivity contribution is 5.95. The van der Waals surface area contributed by atoms with E-state index in [1.807, 2.05) is 18.7 Å². The summed E-state index contributed by atoms with van der Waals surface area (Å²) in [6.07, 6.45) is 5.28. The molecule has 1 amide bonds. The van der Waals surface area contributed by atoms with E-state index in [1.165, 1.54) is 30.7 Å². The van der Waals surface area contributed by atoms with Gasteiger partial charge in [-0.25, -0.2) is 9.18 Å². The van der Waals surface area contributed by atoms with Gasteiger partial charge in [0.25, 0.3) is 5.91 Å². The molecule has 0 atom stereocenters. The van der Waals surface area contributed by atoms with E-state index < -0.39 is 0 Å². The maximum absolute atomic E-state index is 13.3. The zero-order valence-electron chi connectivity index (χ0n) is 17.4. The molecule has 3 rings (SSSR count). The highest BCUT2D eigenvalue weighted by Gasteiger charge is 2.29. The van der Waals surface area contributed by atoms with Crippen molar-refractivity contribution in [3.63, 3.8) is 0 Å². The minimum Gasteiger partial charge on any atom is -0.462 e. The van der Waals surface area contributed by atoms with Crippen LogP contribution in [0.15, 0.2) is 24.3 Å². The first kappa shape index (κ1) is 21.1. The van der Waals surface area contributed by atoms with Crippen LogP contribution >= 0.6 is 0 Å². The van der Waals surface area contributed by atoms with Crippen molar-refractivity contribution in [2.45, 2.75) is 65.5 Å². The number of halogens is 1. The van der Waals surface area contributed by atoms with Crippen molar-refractivity contribution < 1.29 is 18.7 Å². The summed E-state index contributed by atoms with van der Waals surface area (Å²) in [4.78, 5) is 30.8. The number of ether oxygens (including phenoxy) is 1. The first-order valence-corrected chi connectivity index (χ1v) is 10.3. The normalized spacial score (nSPS) is 14.6. The maximum Gasteiger partial charge on any atom is 0.340 e. The summed E-state index contributed by atoms with van der Waals surface area (Å²) >= 11 is 0. The lowest BCUT2D eigenvalue weighted by Crippen LogP contribution is -2.41. The Morgan fingerprint density at radius 3 is 2.41 bits per heavy atom. The van der Waals surface area contributed by atoms with Crippen LogP contribution in [0.2, 0.25) is 0 Å². The second-order valence-corrected chi connectivity index (χ2v) is 7.68. The number of hydrogen-bond donors (Lipinski definition) is 1. The number of carbonyl (C=O) groups is 2. The minimum atomic E-state index is -0.360. The topological polar surface area (TPSA) is 62.4 Å². The number of H-pyrrole nitrogens is 1. The predicted molar refractivity (Wildman–Crippen MR) is 109 cm³/mol. The Kier molecular flexibility index (Phi) is 6.72. The van der Waals surface area contributed by atoms with Crippen LogP contribution in [-0.2, 0) is 11.3 Å². The number of amides is 1. The molecule has 1 fully saturated rings. The number of carbonyl (C=O) groups excluding carboxylic acids is 2. The van der Waals surface area contributed by atoms with Gasteiger partial charge in [-0.2, -0.15) is 0 Å². The summed E-state index contributed by atoms with van der Waals surface area (Å²) in [5.41, 5.74) is 3.41. The van der Waals surface area contributed by atoms with Gasteiger partial charge in [0.15, 0.2) is 0 Å². The van der Waals surface area contributed by atoms with Gasteiger partial charge in [0.1, 0.15) is 5.82 Å². The first-order chi connectivity index (χ1) is 13.9. The molecule has 1 aliphatic rings. The van der Waals surface area contributed by atoms with Crippen LogP contribution in [0, 0.1) is 19.7 Å². The van der Waals surface area contributed by atoms with Gasteiger partial charge in [0.05, 0.1) is 18.7 Å². The lowest BCUT2D eigenvalue weighted by molar-refractivity contribution is 0.0524. The Morgan fingerprint density at radius 1 is 1.14 bits per heavy atom. The zero-order valence-corrected chi connectivity index (χ0v) is 17.4. The van der Waals surface area contributed by atoms with E-state index in [9.17, 15) is 14.0 Å². The zero-order chi connectivity index (χ0) is 21.0. The molecule has 0 spiro atoms. The summed E-state index contributed by atoms with van der Waals surface area (Å²) < 4.78 is 18.5. The minimum absolute atomic E-state index is 0.110. The average Bonchev–Trinajstić information content (AvgIpc) is 3.00. The molecule has 0 unspecified atom stereocenters. The number of aromatic amines is 1. The van der Waals surface area contributed by atoms with Crippen molar-refractivity contribution in [3.8, 4) is 0 Å². The van der Waals surface area contributed by atoms with E-state index in [-0.39, 0.29) is 23.7 Å². The molecule has 1 aliphatic carbocycles. The third-order valence-corrected chi connectivity index (χ3v) is 5.72. The van der Waals surface area contributed by atoms with Crippen molar-refractivity contribution >= 4 is 11.9 Å². The van der Waals surface area contributed by atoms with E-state index >= 15 is 0 Å². The molecule has 0 saturated heterocycles. The lowest BCUT2D eigenvalue weighted by atomic mass is 9.93. The molecular formula is C23H29FN2O3. The lowest BCUT2D eigenvalue weighted by Gasteiger charge is -2.34. The molecule has 1 N–H and O–H groups in total. The molecule has 0 radical (unpaired) electrons. The largest absolute Gasteiger partial charge is 0.462 e. The van der Waals surface area contributed by atoms with Crippen LogP contribution in [0.4, 0.5) is 4.39 Å². The van der Waals surface area contributed by atoms with E-state index in [4.69, 9.17) is 4.74 Å². The highest BCUT2D eigenvalue weighted by Crippen LogP contribution is 2.28. The number of nitrogens with zero attached hydrogens (tertiary/aromatic N) is 1. The molecule has 5 nitrogen and oxygen atoms in total. The van der Waals surface area contributed by atoms with Gasteiger partial charge in [-0.1, -0.05) is 19.3 Å². The molecule has 2 aromatic rings. The van der Waals surface area contributed by atoms with Gasteiger partial charge < -0.3 is 14.6 Å². The Labute approximate surface area is 171 Å². The molecule has 29 heavy (non-hydrogen) atoms. The van der Waals surface area contributed by atoms with Crippen LogP contribution in [-0.4, -0.2) is 34.4 Å². The summed E-state index contributed by atoms with van der Waals surface area (Å²) in [7, 11) is 0. The summed E-state index contributed by atoms with van der Waals surface area (Å²) in [6, 6.07) is 5.83. The van der Waals surface area contributed by atoms with Crippen molar-refractivity contribution in [1.82, 2.24) is 9.88 Å². The first-order valence-electron chi connectivity index (χ1n) is 10.3. The standard InChI is InChI=1S/C23H29FN2O3/c1-4-29-23(28)21-15(2)20(25-16(21)3)14-26(19-8-6-5-7-9-19)22(27)17-10-12-18(24)13-11-17/h10-13,19,25H,4-9,14H2,1-3H3. The predicted octanol–water partition coefficient (Wildman–Crippen LogP) is 4.92. The van der Waals surface area contributed by atoms with Gasteiger partial charge in [-0.15, -0.1) is 0 Å². The number of esters is 1. The van der Waals surface area contributed by atoms with E-state index in [1.54, 1.807) is 6.92 Å². The molecule has 0 bridgehead atoms. The Morgan fingerprint density at radius 2 is 1.79 bits per heavy atom. The number of rotatable bonds is 6. The van der Waals surface area contributed by atoms with Gasteiger partial charge >= 0.3 is 5.97 Å². The molecule has 1 heterocycles. The van der Waals surface area contributed by atoms with Crippen molar-refractivity contribution in [2.24, 2.45) is 0 Å². The van der Waals surface area contributed by atoms with Gasteiger partial charge in [0.2, 0.25) is 0 Å². The summed E-state index contributed by atoms with van der Waals surface area (Å²) in [5, 5.41) is 0. The Hall–Kier alpha value is -2.63. The highest BCUT2D eigenvalue weighted by atomic mass is 19.1. The number of aryl methyl sites for hydroxylation is 1. The molecule has 1 saturated carbocycles. The fourth-order valence-electron chi connectivity index (χ4n) is 4.17. The fraction of sp³-hybridized carbons (Fsp3) is 0.478. The molecule has 1 aromatic heterocycles. The SMILES string of the molecule is CCOC(=O)c1c(C)[nH]c(CN(C(=O)c2ccc(F)cc2)C2CCCCC2)c1C. The van der Waals surface area contributed by atoms with Gasteiger partial charge in [-0.05, 0) is 63.4 Å². The number of nitrogens with one attached hydrogen (secondary N) is 1. The monoisotopic (exact) mass is 400 g/mol. The van der Waals surface area contributed by atoms with Gasteiger partial charge in [0, 0.05) is 23.0 Å². The third-order valence-electron chi connectivity index (χ3n) is 5.72. The molecule has 6 heteroatoms. The molecule has 156 valence electrons. The quantitative estimate of drug-likeness (QED) is 0.700. The van der Waals surface area contributed by atoms with Crippen LogP contribution in [0.3, 0.4) is 0 Å². The number of aromatic nitrogens is 1. The third kappa shape index (κ3) is 4.69. The van der Waals surface area contributed by atoms with Crippen molar-refractivity contribution in [3.05, 3.63) is 58.2 Å². The van der Waals surface area contributed by atoms with Crippen LogP contribution in [0.1, 0.15) is 76.7 Å². The Bertz CT molecular complexity index is 867. The maximum atomic E-state index is 13.3. The van der Waals surface area contributed by atoms with Crippen LogP contribution < -0.4 is 0 Å². The van der Waals surface area contributed by atoms with Crippen molar-refractivity contribution in [1.29, 1.82) is 0 Å². The molecular weight excluding hydrogens is 371 g/mol. The second-order valence-electron chi connectivity index (χ2n) is 7.68. The summed E-state index contributed by atoms with van der Waals surface area (Å²) in [5.74, 6) is -0.819. The van der Waals surface area contributed by atoms with Gasteiger partial charge in [-0.3, -0.25) is 4.79 Å².